The minimum absolute atomic E-state index is 0.361. The van der Waals surface area contributed by atoms with Crippen LogP contribution in [0.15, 0.2) is 24.3 Å². The number of benzene rings is 1. The lowest BCUT2D eigenvalue weighted by atomic mass is 10.0. The van der Waals surface area contributed by atoms with E-state index >= 15 is 0 Å². The Morgan fingerprint density at radius 3 is 2.57 bits per heavy atom. The second kappa shape index (κ2) is 3.25. The van der Waals surface area contributed by atoms with Crippen LogP contribution in [-0.4, -0.2) is 13.1 Å². The summed E-state index contributed by atoms with van der Waals surface area (Å²) in [6, 6.07) is 8.77. The quantitative estimate of drug-likeness (QED) is 0.790. The molecule has 1 N–H and O–H groups in total. The molecule has 1 aromatic carbocycles. The number of hydrogen-bond donors (Lipinski definition) is 1. The molecule has 2 rings (SSSR count). The van der Waals surface area contributed by atoms with E-state index in [1.807, 2.05) is 19.2 Å². The summed E-state index contributed by atoms with van der Waals surface area (Å²) in [5, 5.41) is 4.19. The van der Waals surface area contributed by atoms with Gasteiger partial charge in [-0.1, -0.05) is 37.6 Å². The van der Waals surface area contributed by atoms with E-state index < -0.39 is 0 Å². The SMILES string of the molecule is CNC1C(c2cccc(Cl)c2)C1(C)C. The molecule has 1 aromatic rings. The Kier molecular flexibility index (Phi) is 2.32. The number of rotatable bonds is 2. The summed E-state index contributed by atoms with van der Waals surface area (Å²) in [6.45, 7) is 4.58. The number of likely N-dealkylation sites (N-methyl/N-ethyl adjacent to an activating group) is 1. The molecular weight excluding hydrogens is 194 g/mol. The van der Waals surface area contributed by atoms with Crippen LogP contribution in [0.25, 0.3) is 0 Å². The topological polar surface area (TPSA) is 12.0 Å². The van der Waals surface area contributed by atoms with Gasteiger partial charge in [0.05, 0.1) is 0 Å². The highest BCUT2D eigenvalue weighted by Gasteiger charge is 2.57. The van der Waals surface area contributed by atoms with E-state index in [1.54, 1.807) is 0 Å². The molecule has 1 nitrogen and oxygen atoms in total. The highest BCUT2D eigenvalue weighted by atomic mass is 35.5. The van der Waals surface area contributed by atoms with Crippen molar-refractivity contribution in [1.29, 1.82) is 0 Å². The number of nitrogens with one attached hydrogen (secondary N) is 1. The van der Waals surface area contributed by atoms with Gasteiger partial charge in [0.2, 0.25) is 0 Å². The molecule has 2 unspecified atom stereocenters. The van der Waals surface area contributed by atoms with Crippen LogP contribution in [0.5, 0.6) is 0 Å². The van der Waals surface area contributed by atoms with Crippen LogP contribution in [0, 0.1) is 5.41 Å². The average Bonchev–Trinajstić information content (AvgIpc) is 2.68. The number of hydrogen-bond acceptors (Lipinski definition) is 1. The molecule has 0 amide bonds. The molecular formula is C12H16ClN. The van der Waals surface area contributed by atoms with E-state index in [1.165, 1.54) is 5.56 Å². The normalized spacial score (nSPS) is 28.9. The maximum Gasteiger partial charge on any atom is 0.0408 e. The molecule has 1 aliphatic rings. The van der Waals surface area contributed by atoms with Gasteiger partial charge in [-0.05, 0) is 30.2 Å². The van der Waals surface area contributed by atoms with Crippen LogP contribution in [0.3, 0.4) is 0 Å². The maximum atomic E-state index is 5.98. The zero-order chi connectivity index (χ0) is 10.3. The molecule has 0 bridgehead atoms. The molecule has 2 atom stereocenters. The van der Waals surface area contributed by atoms with E-state index in [0.717, 1.165) is 5.02 Å². The van der Waals surface area contributed by atoms with E-state index in [0.29, 0.717) is 17.4 Å². The standard InChI is InChI=1S/C12H16ClN/c1-12(2)10(11(12)14-3)8-5-4-6-9(13)7-8/h4-7,10-11,14H,1-3H3. The average molecular weight is 210 g/mol. The summed E-state index contributed by atoms with van der Waals surface area (Å²) in [5.74, 6) is 0.603. The summed E-state index contributed by atoms with van der Waals surface area (Å²) in [6.07, 6.45) is 0. The summed E-state index contributed by atoms with van der Waals surface area (Å²) in [7, 11) is 2.02. The lowest BCUT2D eigenvalue weighted by Gasteiger charge is -2.02. The third-order valence-electron chi connectivity index (χ3n) is 3.35. The van der Waals surface area contributed by atoms with Gasteiger partial charge in [0.1, 0.15) is 0 Å². The van der Waals surface area contributed by atoms with Crippen LogP contribution < -0.4 is 5.32 Å². The highest BCUT2D eigenvalue weighted by Crippen LogP contribution is 2.58. The molecule has 0 aromatic heterocycles. The van der Waals surface area contributed by atoms with Crippen LogP contribution in [-0.2, 0) is 0 Å². The van der Waals surface area contributed by atoms with E-state index in [-0.39, 0.29) is 0 Å². The minimum atomic E-state index is 0.361. The van der Waals surface area contributed by atoms with Crippen molar-refractivity contribution in [2.45, 2.75) is 25.8 Å². The van der Waals surface area contributed by atoms with Crippen molar-refractivity contribution < 1.29 is 0 Å². The van der Waals surface area contributed by atoms with Crippen molar-refractivity contribution in [3.8, 4) is 0 Å². The van der Waals surface area contributed by atoms with Gasteiger partial charge < -0.3 is 5.32 Å². The first-order valence-electron chi connectivity index (χ1n) is 5.00. The second-order valence-corrected chi connectivity index (χ2v) is 5.06. The molecule has 1 saturated carbocycles. The van der Waals surface area contributed by atoms with Crippen molar-refractivity contribution >= 4 is 11.6 Å². The Labute approximate surface area is 90.5 Å². The van der Waals surface area contributed by atoms with Gasteiger partial charge in [-0.25, -0.2) is 0 Å². The minimum Gasteiger partial charge on any atom is -0.316 e. The monoisotopic (exact) mass is 209 g/mol. The summed E-state index contributed by atoms with van der Waals surface area (Å²) in [4.78, 5) is 0. The highest BCUT2D eigenvalue weighted by molar-refractivity contribution is 6.30. The molecule has 0 radical (unpaired) electrons. The van der Waals surface area contributed by atoms with Gasteiger partial charge in [0, 0.05) is 17.0 Å². The van der Waals surface area contributed by atoms with Crippen LogP contribution in [0.1, 0.15) is 25.3 Å². The summed E-state index contributed by atoms with van der Waals surface area (Å²) >= 11 is 5.98. The molecule has 0 spiro atoms. The fourth-order valence-electron chi connectivity index (χ4n) is 2.50. The van der Waals surface area contributed by atoms with Crippen molar-refractivity contribution in [2.75, 3.05) is 7.05 Å². The fourth-order valence-corrected chi connectivity index (χ4v) is 2.70. The van der Waals surface area contributed by atoms with Gasteiger partial charge >= 0.3 is 0 Å². The van der Waals surface area contributed by atoms with Gasteiger partial charge in [-0.15, -0.1) is 0 Å². The predicted octanol–water partition coefficient (Wildman–Crippen LogP) is 3.05. The molecule has 76 valence electrons. The van der Waals surface area contributed by atoms with Crippen LogP contribution in [0.4, 0.5) is 0 Å². The molecule has 1 fully saturated rings. The third kappa shape index (κ3) is 1.45. The smallest absolute Gasteiger partial charge is 0.0408 e. The molecule has 1 aliphatic carbocycles. The first-order chi connectivity index (χ1) is 6.57. The van der Waals surface area contributed by atoms with Crippen molar-refractivity contribution in [2.24, 2.45) is 5.41 Å². The number of halogens is 1. The zero-order valence-corrected chi connectivity index (χ0v) is 9.60. The van der Waals surface area contributed by atoms with Crippen molar-refractivity contribution in [1.82, 2.24) is 5.32 Å². The Morgan fingerprint density at radius 1 is 1.36 bits per heavy atom. The second-order valence-electron chi connectivity index (χ2n) is 4.62. The first kappa shape index (κ1) is 10.0. The summed E-state index contributed by atoms with van der Waals surface area (Å²) < 4.78 is 0. The molecule has 0 saturated heterocycles. The van der Waals surface area contributed by atoms with E-state index in [4.69, 9.17) is 11.6 Å². The van der Waals surface area contributed by atoms with E-state index in [2.05, 4.69) is 31.3 Å². The van der Waals surface area contributed by atoms with Gasteiger partial charge in [0.15, 0.2) is 0 Å². The van der Waals surface area contributed by atoms with E-state index in [9.17, 15) is 0 Å². The predicted molar refractivity (Wildman–Crippen MR) is 60.8 cm³/mol. The molecule has 0 aliphatic heterocycles. The van der Waals surface area contributed by atoms with Gasteiger partial charge in [-0.2, -0.15) is 0 Å². The van der Waals surface area contributed by atoms with Gasteiger partial charge in [-0.3, -0.25) is 0 Å². The lowest BCUT2D eigenvalue weighted by Crippen LogP contribution is -2.14. The summed E-state index contributed by atoms with van der Waals surface area (Å²) in [5.41, 5.74) is 1.71. The molecule has 2 heteroatoms. The van der Waals surface area contributed by atoms with Gasteiger partial charge in [0.25, 0.3) is 0 Å². The first-order valence-corrected chi connectivity index (χ1v) is 5.38. The van der Waals surface area contributed by atoms with Crippen molar-refractivity contribution in [3.63, 3.8) is 0 Å². The Bertz CT molecular complexity index is 346. The lowest BCUT2D eigenvalue weighted by molar-refractivity contribution is 0.567. The molecule has 0 heterocycles. The molecule has 14 heavy (non-hydrogen) atoms. The van der Waals surface area contributed by atoms with Crippen molar-refractivity contribution in [3.05, 3.63) is 34.9 Å². The maximum absolute atomic E-state index is 5.98. The van der Waals surface area contributed by atoms with Crippen LogP contribution in [0.2, 0.25) is 5.02 Å². The third-order valence-corrected chi connectivity index (χ3v) is 3.58. The Balaban J connectivity index is 2.26. The Morgan fingerprint density at radius 2 is 2.07 bits per heavy atom. The zero-order valence-electron chi connectivity index (χ0n) is 8.84. The largest absolute Gasteiger partial charge is 0.316 e. The fraction of sp³-hybridized carbons (Fsp3) is 0.500. The Hall–Kier alpha value is -0.530. The van der Waals surface area contributed by atoms with Crippen LogP contribution >= 0.6 is 11.6 Å².